The van der Waals surface area contributed by atoms with Gasteiger partial charge in [-0.1, -0.05) is 13.0 Å². The second-order valence-electron chi connectivity index (χ2n) is 6.50. The summed E-state index contributed by atoms with van der Waals surface area (Å²) >= 11 is 0. The molecule has 0 saturated heterocycles. The van der Waals surface area contributed by atoms with Crippen LogP contribution in [-0.2, 0) is 14.8 Å². The van der Waals surface area contributed by atoms with E-state index < -0.39 is 16.1 Å². The third-order valence-electron chi connectivity index (χ3n) is 3.65. The Morgan fingerprint density at radius 1 is 1.30 bits per heavy atom. The standard InChI is InChI=1S/C16H27N3O3S/c1-7-16(4,5)18-15(20)12(3)17-13-9-8-11(2)14(10-13)19-23(6,21)22/h8-10,12,17,19H,7H2,1-6H3,(H,18,20)/t12-/m1/s1. The summed E-state index contributed by atoms with van der Waals surface area (Å²) in [6, 6.07) is 4.87. The Morgan fingerprint density at radius 2 is 1.91 bits per heavy atom. The average molecular weight is 341 g/mol. The van der Waals surface area contributed by atoms with Crippen LogP contribution in [0.3, 0.4) is 0 Å². The predicted octanol–water partition coefficient (Wildman–Crippen LogP) is 2.47. The lowest BCUT2D eigenvalue weighted by Crippen LogP contribution is -2.48. The van der Waals surface area contributed by atoms with Crippen molar-refractivity contribution in [3.05, 3.63) is 23.8 Å². The molecule has 1 atom stereocenters. The second kappa shape index (κ2) is 7.21. The van der Waals surface area contributed by atoms with Gasteiger partial charge in [0.25, 0.3) is 0 Å². The number of carbonyl (C=O) groups is 1. The average Bonchev–Trinajstić information content (AvgIpc) is 2.40. The van der Waals surface area contributed by atoms with Crippen LogP contribution in [0.4, 0.5) is 11.4 Å². The molecule has 0 bridgehead atoms. The molecule has 1 aromatic carbocycles. The maximum absolute atomic E-state index is 12.2. The van der Waals surface area contributed by atoms with E-state index in [4.69, 9.17) is 0 Å². The molecule has 0 aliphatic heterocycles. The van der Waals surface area contributed by atoms with Crippen LogP contribution in [-0.4, -0.2) is 32.2 Å². The lowest BCUT2D eigenvalue weighted by molar-refractivity contribution is -0.123. The smallest absolute Gasteiger partial charge is 0.242 e. The molecule has 130 valence electrons. The summed E-state index contributed by atoms with van der Waals surface area (Å²) in [5.74, 6) is -0.102. The summed E-state index contributed by atoms with van der Waals surface area (Å²) in [5, 5.41) is 6.07. The van der Waals surface area contributed by atoms with Crippen LogP contribution in [0, 0.1) is 6.92 Å². The van der Waals surface area contributed by atoms with Gasteiger partial charge in [-0.05, 0) is 51.8 Å². The van der Waals surface area contributed by atoms with Gasteiger partial charge in [-0.2, -0.15) is 0 Å². The number of hydrogen-bond acceptors (Lipinski definition) is 4. The molecule has 0 saturated carbocycles. The number of nitrogens with one attached hydrogen (secondary N) is 3. The van der Waals surface area contributed by atoms with E-state index in [0.29, 0.717) is 11.4 Å². The number of sulfonamides is 1. The zero-order valence-corrected chi connectivity index (χ0v) is 15.5. The Bertz CT molecular complexity index is 669. The fourth-order valence-electron chi connectivity index (χ4n) is 1.87. The number of rotatable bonds is 7. The molecule has 6 nitrogen and oxygen atoms in total. The van der Waals surface area contributed by atoms with Crippen molar-refractivity contribution in [2.75, 3.05) is 16.3 Å². The minimum absolute atomic E-state index is 0.102. The van der Waals surface area contributed by atoms with E-state index in [2.05, 4.69) is 15.4 Å². The minimum Gasteiger partial charge on any atom is -0.374 e. The van der Waals surface area contributed by atoms with Crippen molar-refractivity contribution in [3.63, 3.8) is 0 Å². The van der Waals surface area contributed by atoms with Crippen LogP contribution in [0.5, 0.6) is 0 Å². The van der Waals surface area contributed by atoms with Gasteiger partial charge >= 0.3 is 0 Å². The molecule has 7 heteroatoms. The first-order valence-corrected chi connectivity index (χ1v) is 9.49. The van der Waals surface area contributed by atoms with Crippen molar-refractivity contribution in [2.24, 2.45) is 0 Å². The lowest BCUT2D eigenvalue weighted by Gasteiger charge is -2.27. The van der Waals surface area contributed by atoms with Gasteiger partial charge in [-0.15, -0.1) is 0 Å². The molecule has 0 unspecified atom stereocenters. The molecule has 23 heavy (non-hydrogen) atoms. The maximum atomic E-state index is 12.2. The highest BCUT2D eigenvalue weighted by molar-refractivity contribution is 7.92. The molecule has 0 heterocycles. The number of amides is 1. The lowest BCUT2D eigenvalue weighted by atomic mass is 10.0. The van der Waals surface area contributed by atoms with Gasteiger partial charge < -0.3 is 10.6 Å². The first kappa shape index (κ1) is 19.3. The number of aryl methyl sites for hydroxylation is 1. The van der Waals surface area contributed by atoms with Gasteiger partial charge in [-0.25, -0.2) is 8.42 Å². The van der Waals surface area contributed by atoms with E-state index in [9.17, 15) is 13.2 Å². The monoisotopic (exact) mass is 341 g/mol. The third-order valence-corrected chi connectivity index (χ3v) is 4.25. The van der Waals surface area contributed by atoms with Crippen LogP contribution >= 0.6 is 0 Å². The first-order chi connectivity index (χ1) is 10.4. The van der Waals surface area contributed by atoms with Gasteiger partial charge in [0.05, 0.1) is 11.9 Å². The van der Waals surface area contributed by atoms with E-state index in [0.717, 1.165) is 18.2 Å². The highest BCUT2D eigenvalue weighted by atomic mass is 32.2. The fraction of sp³-hybridized carbons (Fsp3) is 0.562. The molecule has 1 rings (SSSR count). The van der Waals surface area contributed by atoms with Crippen molar-refractivity contribution in [1.82, 2.24) is 5.32 Å². The van der Waals surface area contributed by atoms with Gasteiger partial charge in [0, 0.05) is 11.2 Å². The Labute approximate surface area is 139 Å². The number of benzene rings is 1. The molecule has 0 aliphatic rings. The van der Waals surface area contributed by atoms with Crippen molar-refractivity contribution < 1.29 is 13.2 Å². The summed E-state index contributed by atoms with van der Waals surface area (Å²) in [5.41, 5.74) is 1.73. The Balaban J connectivity index is 2.85. The SMILES string of the molecule is CCC(C)(C)NC(=O)[C@@H](C)Nc1ccc(C)c(NS(C)(=O)=O)c1. The van der Waals surface area contributed by atoms with Gasteiger partial charge in [-0.3, -0.25) is 9.52 Å². The molecule has 0 aromatic heterocycles. The van der Waals surface area contributed by atoms with Crippen molar-refractivity contribution >= 4 is 27.3 Å². The van der Waals surface area contributed by atoms with Gasteiger partial charge in [0.2, 0.25) is 15.9 Å². The highest BCUT2D eigenvalue weighted by Crippen LogP contribution is 2.22. The molecule has 0 radical (unpaired) electrons. The van der Waals surface area contributed by atoms with E-state index in [1.807, 2.05) is 33.8 Å². The van der Waals surface area contributed by atoms with E-state index in [1.165, 1.54) is 0 Å². The number of hydrogen-bond donors (Lipinski definition) is 3. The van der Waals surface area contributed by atoms with E-state index in [-0.39, 0.29) is 11.4 Å². The quantitative estimate of drug-likeness (QED) is 0.711. The fourth-order valence-corrected chi connectivity index (χ4v) is 2.49. The number of carbonyl (C=O) groups excluding carboxylic acids is 1. The Morgan fingerprint density at radius 3 is 2.43 bits per heavy atom. The summed E-state index contributed by atoms with van der Waals surface area (Å²) in [6.07, 6.45) is 1.94. The third kappa shape index (κ3) is 6.48. The van der Waals surface area contributed by atoms with E-state index in [1.54, 1.807) is 19.1 Å². The molecule has 3 N–H and O–H groups in total. The van der Waals surface area contributed by atoms with Crippen molar-refractivity contribution in [3.8, 4) is 0 Å². The van der Waals surface area contributed by atoms with Crippen LogP contribution < -0.4 is 15.4 Å². The normalized spacial score (nSPS) is 13.3. The molecule has 0 aliphatic carbocycles. The highest BCUT2D eigenvalue weighted by Gasteiger charge is 2.21. The predicted molar refractivity (Wildman–Crippen MR) is 95.2 cm³/mol. The zero-order chi connectivity index (χ0) is 17.8. The first-order valence-electron chi connectivity index (χ1n) is 7.60. The van der Waals surface area contributed by atoms with Crippen LogP contribution in [0.1, 0.15) is 39.7 Å². The summed E-state index contributed by atoms with van der Waals surface area (Å²) < 4.78 is 25.2. The minimum atomic E-state index is -3.35. The molecular formula is C16H27N3O3S. The van der Waals surface area contributed by atoms with Gasteiger partial charge in [0.15, 0.2) is 0 Å². The van der Waals surface area contributed by atoms with Crippen molar-refractivity contribution in [2.45, 2.75) is 52.6 Å². The second-order valence-corrected chi connectivity index (χ2v) is 8.25. The van der Waals surface area contributed by atoms with Crippen LogP contribution in [0.25, 0.3) is 0 Å². The summed E-state index contributed by atoms with van der Waals surface area (Å²) in [7, 11) is -3.35. The zero-order valence-electron chi connectivity index (χ0n) is 14.6. The molecule has 0 fully saturated rings. The molecular weight excluding hydrogens is 314 g/mol. The van der Waals surface area contributed by atoms with E-state index >= 15 is 0 Å². The summed E-state index contributed by atoms with van der Waals surface area (Å²) in [6.45, 7) is 9.54. The van der Waals surface area contributed by atoms with Crippen LogP contribution in [0.2, 0.25) is 0 Å². The van der Waals surface area contributed by atoms with Gasteiger partial charge in [0.1, 0.15) is 6.04 Å². The Hall–Kier alpha value is -1.76. The van der Waals surface area contributed by atoms with Crippen LogP contribution in [0.15, 0.2) is 18.2 Å². The number of anilines is 2. The molecule has 0 spiro atoms. The molecule has 1 aromatic rings. The molecule has 1 amide bonds. The largest absolute Gasteiger partial charge is 0.374 e. The van der Waals surface area contributed by atoms with Crippen molar-refractivity contribution in [1.29, 1.82) is 0 Å². The Kier molecular flexibility index (Phi) is 6.04. The summed E-state index contributed by atoms with van der Waals surface area (Å²) in [4.78, 5) is 12.2. The maximum Gasteiger partial charge on any atom is 0.242 e. The topological polar surface area (TPSA) is 87.3 Å².